The fourth-order valence-electron chi connectivity index (χ4n) is 2.33. The van der Waals surface area contributed by atoms with E-state index in [2.05, 4.69) is 4.98 Å². The standard InChI is InChI=1S/C12H18N4O4/c1-20-10-4-11(13)14-5-9(10)15-2-3-16(12(18)19)8(6-15)7-17/h4-5,8,17H,2-3,6-7H2,1H3,(H2,13,14)(H,18,19)/t8-/m1/s1. The zero-order valence-corrected chi connectivity index (χ0v) is 11.2. The van der Waals surface area contributed by atoms with E-state index in [1.54, 1.807) is 12.3 Å². The zero-order chi connectivity index (χ0) is 14.7. The second kappa shape index (κ2) is 5.83. The number of anilines is 2. The molecule has 4 N–H and O–H groups in total. The predicted molar refractivity (Wildman–Crippen MR) is 73.0 cm³/mol. The SMILES string of the molecule is COc1cc(N)ncc1N1CCN(C(=O)O)[C@@H](CO)C1. The lowest BCUT2D eigenvalue weighted by Gasteiger charge is -2.40. The monoisotopic (exact) mass is 282 g/mol. The van der Waals surface area contributed by atoms with Crippen LogP contribution < -0.4 is 15.4 Å². The van der Waals surface area contributed by atoms with Gasteiger partial charge >= 0.3 is 6.09 Å². The normalized spacial score (nSPS) is 19.0. The molecule has 0 spiro atoms. The summed E-state index contributed by atoms with van der Waals surface area (Å²) in [4.78, 5) is 18.3. The molecule has 2 heterocycles. The Hall–Kier alpha value is -2.22. The Morgan fingerprint density at radius 2 is 2.35 bits per heavy atom. The number of ether oxygens (including phenoxy) is 1. The number of aliphatic hydroxyl groups excluding tert-OH is 1. The Kier molecular flexibility index (Phi) is 4.14. The van der Waals surface area contributed by atoms with E-state index in [-0.39, 0.29) is 6.61 Å². The molecule has 0 aromatic carbocycles. The highest BCUT2D eigenvalue weighted by Gasteiger charge is 2.31. The number of piperazine rings is 1. The van der Waals surface area contributed by atoms with Gasteiger partial charge in [0.05, 0.1) is 31.6 Å². The van der Waals surface area contributed by atoms with Gasteiger partial charge in [0.1, 0.15) is 11.6 Å². The lowest BCUT2D eigenvalue weighted by molar-refractivity contribution is 0.0909. The molecule has 8 heteroatoms. The first-order valence-electron chi connectivity index (χ1n) is 6.21. The molecule has 0 radical (unpaired) electrons. The maximum Gasteiger partial charge on any atom is 0.407 e. The average Bonchev–Trinajstić information content (AvgIpc) is 2.46. The molecular weight excluding hydrogens is 264 g/mol. The summed E-state index contributed by atoms with van der Waals surface area (Å²) in [7, 11) is 1.54. The maximum atomic E-state index is 11.1. The number of aromatic nitrogens is 1. The third-order valence-electron chi connectivity index (χ3n) is 3.37. The number of nitrogens with zero attached hydrogens (tertiary/aromatic N) is 3. The van der Waals surface area contributed by atoms with Crippen LogP contribution in [0.3, 0.4) is 0 Å². The number of rotatable bonds is 3. The van der Waals surface area contributed by atoms with E-state index in [1.165, 1.54) is 12.0 Å². The van der Waals surface area contributed by atoms with Gasteiger partial charge in [0, 0.05) is 25.7 Å². The van der Waals surface area contributed by atoms with E-state index in [0.717, 1.165) is 5.69 Å². The minimum Gasteiger partial charge on any atom is -0.494 e. The van der Waals surface area contributed by atoms with Crippen LogP contribution in [-0.2, 0) is 0 Å². The number of carbonyl (C=O) groups is 1. The van der Waals surface area contributed by atoms with Gasteiger partial charge in [-0.2, -0.15) is 0 Å². The second-order valence-corrected chi connectivity index (χ2v) is 4.54. The zero-order valence-electron chi connectivity index (χ0n) is 11.2. The first-order chi connectivity index (χ1) is 9.56. The molecule has 0 unspecified atom stereocenters. The highest BCUT2D eigenvalue weighted by molar-refractivity contribution is 5.67. The molecule has 0 saturated carbocycles. The summed E-state index contributed by atoms with van der Waals surface area (Å²) in [5, 5.41) is 18.4. The van der Waals surface area contributed by atoms with Crippen LogP contribution in [0.5, 0.6) is 5.75 Å². The van der Waals surface area contributed by atoms with Crippen LogP contribution in [0.4, 0.5) is 16.3 Å². The predicted octanol–water partition coefficient (Wildman–Crippen LogP) is -0.167. The molecule has 0 aliphatic carbocycles. The van der Waals surface area contributed by atoms with Crippen LogP contribution in [0.15, 0.2) is 12.3 Å². The second-order valence-electron chi connectivity index (χ2n) is 4.54. The van der Waals surface area contributed by atoms with Crippen molar-refractivity contribution < 1.29 is 19.7 Å². The fourth-order valence-corrected chi connectivity index (χ4v) is 2.33. The highest BCUT2D eigenvalue weighted by atomic mass is 16.5. The quantitative estimate of drug-likeness (QED) is 0.705. The number of hydrogen-bond acceptors (Lipinski definition) is 6. The summed E-state index contributed by atoms with van der Waals surface area (Å²) in [6.45, 7) is 0.969. The molecule has 1 aliphatic heterocycles. The Morgan fingerprint density at radius 1 is 1.60 bits per heavy atom. The van der Waals surface area contributed by atoms with Gasteiger partial charge in [-0.25, -0.2) is 9.78 Å². The number of aliphatic hydroxyl groups is 1. The van der Waals surface area contributed by atoms with Crippen LogP contribution in [0.2, 0.25) is 0 Å². The molecule has 1 aromatic heterocycles. The van der Waals surface area contributed by atoms with Gasteiger partial charge in [0.2, 0.25) is 0 Å². The molecule has 110 valence electrons. The number of carboxylic acid groups (broad SMARTS) is 1. The highest BCUT2D eigenvalue weighted by Crippen LogP contribution is 2.30. The van der Waals surface area contributed by atoms with Crippen molar-refractivity contribution in [2.45, 2.75) is 6.04 Å². The van der Waals surface area contributed by atoms with Gasteiger partial charge in [0.15, 0.2) is 0 Å². The summed E-state index contributed by atoms with van der Waals surface area (Å²) in [6.07, 6.45) is 0.574. The van der Waals surface area contributed by atoms with E-state index >= 15 is 0 Å². The number of pyridine rings is 1. The molecule has 1 fully saturated rings. The smallest absolute Gasteiger partial charge is 0.407 e. The van der Waals surface area contributed by atoms with Crippen molar-refractivity contribution >= 4 is 17.6 Å². The summed E-state index contributed by atoms with van der Waals surface area (Å²) < 4.78 is 5.27. The minimum atomic E-state index is -1.02. The first-order valence-corrected chi connectivity index (χ1v) is 6.21. The molecule has 20 heavy (non-hydrogen) atoms. The van der Waals surface area contributed by atoms with Gasteiger partial charge < -0.3 is 25.6 Å². The number of nitrogen functional groups attached to an aromatic ring is 1. The van der Waals surface area contributed by atoms with Gasteiger partial charge in [-0.3, -0.25) is 4.90 Å². The summed E-state index contributed by atoms with van der Waals surface area (Å²) >= 11 is 0. The van der Waals surface area contributed by atoms with E-state index in [4.69, 9.17) is 15.6 Å². The Labute approximate surface area is 116 Å². The lowest BCUT2D eigenvalue weighted by Crippen LogP contribution is -2.56. The topological polar surface area (TPSA) is 112 Å². The lowest BCUT2D eigenvalue weighted by atomic mass is 10.1. The van der Waals surface area contributed by atoms with Gasteiger partial charge in [-0.05, 0) is 0 Å². The van der Waals surface area contributed by atoms with E-state index < -0.39 is 12.1 Å². The first kappa shape index (κ1) is 14.2. The van der Waals surface area contributed by atoms with Crippen molar-refractivity contribution in [1.29, 1.82) is 0 Å². The Balaban J connectivity index is 2.21. The minimum absolute atomic E-state index is 0.229. The van der Waals surface area contributed by atoms with Crippen LogP contribution in [0.1, 0.15) is 0 Å². The summed E-state index contributed by atoms with van der Waals surface area (Å²) in [5.74, 6) is 0.937. The van der Waals surface area contributed by atoms with Crippen molar-refractivity contribution in [3.63, 3.8) is 0 Å². The van der Waals surface area contributed by atoms with Crippen molar-refractivity contribution in [2.24, 2.45) is 0 Å². The molecular formula is C12H18N4O4. The molecule has 1 aromatic rings. The average molecular weight is 282 g/mol. The molecule has 0 bridgehead atoms. The van der Waals surface area contributed by atoms with E-state index in [1.807, 2.05) is 4.90 Å². The van der Waals surface area contributed by atoms with Crippen molar-refractivity contribution in [3.05, 3.63) is 12.3 Å². The number of nitrogens with two attached hydrogens (primary N) is 1. The third kappa shape index (κ3) is 2.69. The maximum absolute atomic E-state index is 11.1. The molecule has 1 saturated heterocycles. The largest absolute Gasteiger partial charge is 0.494 e. The molecule has 1 amide bonds. The van der Waals surface area contributed by atoms with Crippen LogP contribution in [0, 0.1) is 0 Å². The molecule has 1 aliphatic rings. The fraction of sp³-hybridized carbons (Fsp3) is 0.500. The summed E-state index contributed by atoms with van der Waals surface area (Å²) in [5.41, 5.74) is 6.35. The Bertz CT molecular complexity index is 496. The van der Waals surface area contributed by atoms with E-state index in [9.17, 15) is 9.90 Å². The van der Waals surface area contributed by atoms with Crippen LogP contribution in [-0.4, -0.2) is 65.6 Å². The number of amides is 1. The van der Waals surface area contributed by atoms with E-state index in [0.29, 0.717) is 31.2 Å². The van der Waals surface area contributed by atoms with Crippen molar-refractivity contribution in [1.82, 2.24) is 9.88 Å². The van der Waals surface area contributed by atoms with Crippen LogP contribution >= 0.6 is 0 Å². The molecule has 2 rings (SSSR count). The third-order valence-corrected chi connectivity index (χ3v) is 3.37. The molecule has 1 atom stereocenters. The number of methoxy groups -OCH3 is 1. The number of hydrogen-bond donors (Lipinski definition) is 3. The van der Waals surface area contributed by atoms with Gasteiger partial charge in [-0.15, -0.1) is 0 Å². The van der Waals surface area contributed by atoms with Gasteiger partial charge in [-0.1, -0.05) is 0 Å². The van der Waals surface area contributed by atoms with Crippen molar-refractivity contribution in [3.8, 4) is 5.75 Å². The molecule has 8 nitrogen and oxygen atoms in total. The van der Waals surface area contributed by atoms with Crippen LogP contribution in [0.25, 0.3) is 0 Å². The Morgan fingerprint density at radius 3 is 2.95 bits per heavy atom. The van der Waals surface area contributed by atoms with Crippen molar-refractivity contribution in [2.75, 3.05) is 44.0 Å². The summed E-state index contributed by atoms with van der Waals surface area (Å²) in [6, 6.07) is 1.15. The van der Waals surface area contributed by atoms with Gasteiger partial charge in [0.25, 0.3) is 0 Å².